The molecule has 12 amide bonds. The first-order chi connectivity index (χ1) is 51.4. The molecule has 0 aliphatic carbocycles. The summed E-state index contributed by atoms with van der Waals surface area (Å²) < 4.78 is 10.9. The van der Waals surface area contributed by atoms with Crippen molar-refractivity contribution in [2.75, 3.05) is 26.2 Å². The number of non-ortho nitro benzene ring substituents is 1. The topological polar surface area (TPSA) is 393 Å². The Labute approximate surface area is 636 Å². The summed E-state index contributed by atoms with van der Waals surface area (Å²) in [5.41, 5.74) is -0.873. The van der Waals surface area contributed by atoms with Gasteiger partial charge in [-0.15, -0.1) is 0 Å². The number of carbonyl (C=O) groups excluding carboxylic acids is 12. The van der Waals surface area contributed by atoms with E-state index in [-0.39, 0.29) is 108 Å². The van der Waals surface area contributed by atoms with E-state index in [4.69, 9.17) is 9.47 Å². The second-order valence-corrected chi connectivity index (χ2v) is 32.5. The molecular formula is C80H111N13O16. The van der Waals surface area contributed by atoms with Gasteiger partial charge in [0, 0.05) is 51.2 Å². The molecule has 0 bridgehead atoms. The number of ether oxygens (including phenoxy) is 2. The third kappa shape index (κ3) is 23.2. The molecule has 3 aliphatic rings. The van der Waals surface area contributed by atoms with Crippen molar-refractivity contribution in [2.24, 2.45) is 23.7 Å². The van der Waals surface area contributed by atoms with Gasteiger partial charge in [0.15, 0.2) is 0 Å². The molecule has 5 aromatic rings. The summed E-state index contributed by atoms with van der Waals surface area (Å²) in [6.07, 6.45) is -1.04. The number of benzene rings is 5. The Kier molecular flexibility index (Phi) is 28.9. The van der Waals surface area contributed by atoms with Gasteiger partial charge in [-0.05, 0) is 173 Å². The van der Waals surface area contributed by atoms with E-state index in [1.54, 1.807) is 83.1 Å². The third-order valence-corrected chi connectivity index (χ3v) is 19.7. The van der Waals surface area contributed by atoms with Crippen molar-refractivity contribution in [2.45, 2.75) is 246 Å². The van der Waals surface area contributed by atoms with E-state index in [2.05, 4.69) is 53.2 Å². The molecule has 0 aromatic heterocycles. The van der Waals surface area contributed by atoms with Crippen LogP contribution in [0, 0.1) is 33.8 Å². The van der Waals surface area contributed by atoms with Gasteiger partial charge in [-0.1, -0.05) is 122 Å². The first-order valence-corrected chi connectivity index (χ1v) is 38.2. The number of hydrogen-bond acceptors (Lipinski definition) is 16. The number of nitro benzene ring substituents is 1. The first kappa shape index (κ1) is 84.4. The van der Waals surface area contributed by atoms with E-state index in [0.29, 0.717) is 24.0 Å². The van der Waals surface area contributed by atoms with Crippen LogP contribution in [0.4, 0.5) is 15.3 Å². The summed E-state index contributed by atoms with van der Waals surface area (Å²) in [7, 11) is 0. The zero-order valence-electron chi connectivity index (χ0n) is 65.3. The van der Waals surface area contributed by atoms with E-state index in [0.717, 1.165) is 32.3 Å². The zero-order valence-corrected chi connectivity index (χ0v) is 65.3. The number of nitro groups is 1. The van der Waals surface area contributed by atoms with Gasteiger partial charge in [-0.3, -0.25) is 58.1 Å². The Morgan fingerprint density at radius 3 is 1.28 bits per heavy atom. The van der Waals surface area contributed by atoms with Crippen LogP contribution in [-0.4, -0.2) is 184 Å². The Balaban J connectivity index is 1.21. The van der Waals surface area contributed by atoms with Crippen LogP contribution >= 0.6 is 0 Å². The lowest BCUT2D eigenvalue weighted by Crippen LogP contribution is -2.62. The van der Waals surface area contributed by atoms with Crippen LogP contribution in [0.25, 0.3) is 32.3 Å². The van der Waals surface area contributed by atoms with E-state index >= 15 is 38.4 Å². The fraction of sp³-hybridized carbons (Fsp3) is 0.575. The van der Waals surface area contributed by atoms with Crippen molar-refractivity contribution < 1.29 is 71.9 Å². The molecule has 8 rings (SSSR count). The number of fused-ring (bicyclic) bond motifs is 2. The number of rotatable bonds is 19. The first-order valence-electron chi connectivity index (χ1n) is 38.2. The molecule has 0 saturated carbocycles. The maximum atomic E-state index is 15.8. The number of hydrogen-bond donors (Lipinski definition) is 10. The molecule has 3 aliphatic heterocycles. The molecule has 3 heterocycles. The van der Waals surface area contributed by atoms with Crippen molar-refractivity contribution in [3.05, 3.63) is 100 Å². The molecule has 10 atom stereocenters. The molecule has 10 N–H and O–H groups in total. The van der Waals surface area contributed by atoms with Crippen LogP contribution in [-0.2, 0) is 70.3 Å². The van der Waals surface area contributed by atoms with Gasteiger partial charge in [0.1, 0.15) is 71.6 Å². The molecule has 29 nitrogen and oxygen atoms in total. The highest BCUT2D eigenvalue weighted by molar-refractivity contribution is 6.23. The largest absolute Gasteiger partial charge is 0.444 e. The molecule has 592 valence electrons. The summed E-state index contributed by atoms with van der Waals surface area (Å²) in [5.74, 6) is -9.60. The average Bonchev–Trinajstić information content (AvgIpc) is 1.01. The molecule has 29 heteroatoms. The van der Waals surface area contributed by atoms with Crippen molar-refractivity contribution in [1.29, 1.82) is 0 Å². The fourth-order valence-corrected chi connectivity index (χ4v) is 14.3. The van der Waals surface area contributed by atoms with Crippen molar-refractivity contribution in [1.82, 2.24) is 63.0 Å². The third-order valence-electron chi connectivity index (χ3n) is 19.7. The van der Waals surface area contributed by atoms with Crippen molar-refractivity contribution >= 4 is 109 Å². The molecule has 3 saturated heterocycles. The quantitative estimate of drug-likeness (QED) is 0.0169. The van der Waals surface area contributed by atoms with Crippen molar-refractivity contribution in [3.63, 3.8) is 0 Å². The highest BCUT2D eigenvalue weighted by atomic mass is 16.6. The van der Waals surface area contributed by atoms with Crippen LogP contribution in [0.15, 0.2) is 78.9 Å². The van der Waals surface area contributed by atoms with Gasteiger partial charge in [0.2, 0.25) is 59.1 Å². The summed E-state index contributed by atoms with van der Waals surface area (Å²) >= 11 is 0. The lowest BCUT2D eigenvalue weighted by Gasteiger charge is -2.33. The molecule has 0 radical (unpaired) electrons. The van der Waals surface area contributed by atoms with Crippen LogP contribution in [0.3, 0.4) is 0 Å². The Morgan fingerprint density at radius 2 is 0.862 bits per heavy atom. The minimum atomic E-state index is -1.48. The number of carbonyl (C=O) groups is 12. The normalized spacial score (nSPS) is 23.2. The number of amides is 12. The highest BCUT2D eigenvalue weighted by Gasteiger charge is 2.44. The monoisotopic (exact) mass is 1510 g/mol. The molecule has 0 spiro atoms. The number of alkyl carbamates (subject to hydrolysis) is 2. The SMILES string of the molecule is CC(C)C[C@@H]1NC(=O)[C@H](CCCNC(=O)OC(C)(C)C)NC(=O)[C@H](C(C)C)NC(=O)[C@@H]2CCCN2C(=O)[C@@H](Cc2ccc3ccc4cccc5ccc2c3c45)NC(=O)[C@H](CC(C)C)NC(=O)[C@H](CCCNC(=O)OC(C)(C)C)NC(=O)[C@H](C(C)C)NC(=O)[C@@H]2CCCN2C(=O)[C@H](Cc2ccc([N+](=O)[O-])cc2)NC1=O. The minimum absolute atomic E-state index is 0.00869. The summed E-state index contributed by atoms with van der Waals surface area (Å²) in [6, 6.07) is 9.56. The molecular weight excluding hydrogens is 1400 g/mol. The Hall–Kier alpha value is -10.2. The van der Waals surface area contributed by atoms with Gasteiger partial charge in [0.25, 0.3) is 5.69 Å². The fourth-order valence-electron chi connectivity index (χ4n) is 14.3. The van der Waals surface area contributed by atoms with Crippen molar-refractivity contribution in [3.8, 4) is 0 Å². The average molecular weight is 1510 g/mol. The smallest absolute Gasteiger partial charge is 0.407 e. The van der Waals surface area contributed by atoms with E-state index in [1.807, 2.05) is 68.4 Å². The Morgan fingerprint density at radius 1 is 0.477 bits per heavy atom. The molecule has 0 unspecified atom stereocenters. The summed E-state index contributed by atoms with van der Waals surface area (Å²) in [5, 5.41) is 45.7. The predicted molar refractivity (Wildman–Crippen MR) is 411 cm³/mol. The van der Waals surface area contributed by atoms with Gasteiger partial charge >= 0.3 is 12.2 Å². The van der Waals surface area contributed by atoms with Gasteiger partial charge < -0.3 is 72.4 Å². The predicted octanol–water partition coefficient (Wildman–Crippen LogP) is 7.17. The number of nitrogens with zero attached hydrogens (tertiary/aromatic N) is 3. The van der Waals surface area contributed by atoms with Gasteiger partial charge in [0.05, 0.1) is 4.92 Å². The van der Waals surface area contributed by atoms with E-state index < -0.39 is 160 Å². The van der Waals surface area contributed by atoms with Gasteiger partial charge in [-0.2, -0.15) is 0 Å². The molecule has 3 fully saturated rings. The number of nitrogens with one attached hydrogen (secondary N) is 10. The van der Waals surface area contributed by atoms with Crippen LogP contribution in [0.5, 0.6) is 0 Å². The molecule has 5 aromatic carbocycles. The van der Waals surface area contributed by atoms with Crippen LogP contribution in [0.2, 0.25) is 0 Å². The standard InChI is InChI=1S/C80H111N13O16/c1-44(2)40-57-69(96)87-59(42-48-26-33-53(34-27-48)93(106)107)75(102)91-38-18-24-61(91)71(98)89-65(46(5)6)73(100)84-56(23-17-37-82-78(105)109-80(12,13)14)68(95)86-58(41-45(3)4)70(97)88-60(43-52-31-30-51-29-28-49-20-15-21-50-32-35-54(52)64(51)63(49)50)76(103)92-39-19-25-62(92)72(99)90-66(47(7)8)74(101)83-55(67(94)85-57)22-16-36-81-77(104)108-79(9,10)11/h15,20-21,26-35,44-47,55-62,65-66H,16-19,22-25,36-43H2,1-14H3,(H,81,104)(H,82,105)(H,83,101)(H,84,100)(H,85,94)(H,86,95)(H,87,96)(H,88,97)(H,89,98)(H,90,99)/t55-,56-,57-,58-,59-,60+,61-,62-,65-,66-/m0/s1. The van der Waals surface area contributed by atoms with Crippen LogP contribution in [0.1, 0.15) is 172 Å². The van der Waals surface area contributed by atoms with Gasteiger partial charge in [-0.25, -0.2) is 9.59 Å². The minimum Gasteiger partial charge on any atom is -0.444 e. The maximum absolute atomic E-state index is 15.8. The zero-order chi connectivity index (χ0) is 79.9. The van der Waals surface area contributed by atoms with E-state index in [1.165, 1.54) is 34.1 Å². The molecule has 109 heavy (non-hydrogen) atoms. The Bertz CT molecular complexity index is 4110. The second-order valence-electron chi connectivity index (χ2n) is 32.5. The van der Waals surface area contributed by atoms with Crippen LogP contribution < -0.4 is 53.2 Å². The summed E-state index contributed by atoms with van der Waals surface area (Å²) in [6.45, 7) is 24.1. The maximum Gasteiger partial charge on any atom is 0.407 e. The van der Waals surface area contributed by atoms with E-state index in [9.17, 15) is 29.3 Å². The lowest BCUT2D eigenvalue weighted by molar-refractivity contribution is -0.384. The highest BCUT2D eigenvalue weighted by Crippen LogP contribution is 2.37. The lowest BCUT2D eigenvalue weighted by atomic mass is 9.90. The second kappa shape index (κ2) is 37.3. The summed E-state index contributed by atoms with van der Waals surface area (Å²) in [4.78, 5) is 191.